The van der Waals surface area contributed by atoms with Crippen LogP contribution in [0, 0.1) is 12.8 Å². The van der Waals surface area contributed by atoms with E-state index in [4.69, 9.17) is 5.73 Å². The molecule has 1 aromatic rings. The molecular formula is C14H22N2O3S. The molecule has 112 valence electrons. The van der Waals surface area contributed by atoms with Crippen LogP contribution in [-0.4, -0.2) is 26.1 Å². The molecule has 6 heteroatoms. The number of amides is 1. The van der Waals surface area contributed by atoms with E-state index in [2.05, 4.69) is 5.32 Å². The van der Waals surface area contributed by atoms with Crippen molar-refractivity contribution >= 4 is 21.4 Å². The fraction of sp³-hybridized carbons (Fsp3) is 0.500. The lowest BCUT2D eigenvalue weighted by Gasteiger charge is -2.17. The summed E-state index contributed by atoms with van der Waals surface area (Å²) in [5, 5.41) is 2.68. The molecule has 5 nitrogen and oxygen atoms in total. The van der Waals surface area contributed by atoms with Crippen LogP contribution in [0.2, 0.25) is 0 Å². The number of hydrogen-bond acceptors (Lipinski definition) is 4. The average Bonchev–Trinajstić information content (AvgIpc) is 2.31. The molecule has 0 aliphatic heterocycles. The Balaban J connectivity index is 2.90. The number of carbonyl (C=O) groups is 1. The number of rotatable bonds is 5. The van der Waals surface area contributed by atoms with Crippen molar-refractivity contribution in [3.8, 4) is 0 Å². The lowest BCUT2D eigenvalue weighted by atomic mass is 10.1. The second-order valence-electron chi connectivity index (χ2n) is 5.40. The predicted molar refractivity (Wildman–Crippen MR) is 80.1 cm³/mol. The minimum absolute atomic E-state index is 0.0184. The third kappa shape index (κ3) is 4.23. The second-order valence-corrected chi connectivity index (χ2v) is 7.36. The Morgan fingerprint density at radius 2 is 1.90 bits per heavy atom. The maximum atomic E-state index is 12.2. The SMILES string of the molecule is Cc1ccc(N)c(S(=O)(=O)CC(=O)NC(C)C(C)C)c1. The number of aryl methyl sites for hydroxylation is 1. The monoisotopic (exact) mass is 298 g/mol. The summed E-state index contributed by atoms with van der Waals surface area (Å²) in [5.41, 5.74) is 6.64. The molecule has 0 fully saturated rings. The molecule has 1 unspecified atom stereocenters. The zero-order chi connectivity index (χ0) is 15.5. The Morgan fingerprint density at radius 3 is 2.45 bits per heavy atom. The summed E-state index contributed by atoms with van der Waals surface area (Å²) in [6.45, 7) is 7.53. The molecule has 3 N–H and O–H groups in total. The molecule has 0 saturated carbocycles. The smallest absolute Gasteiger partial charge is 0.235 e. The molecule has 1 atom stereocenters. The summed E-state index contributed by atoms with van der Waals surface area (Å²) in [7, 11) is -3.72. The van der Waals surface area contributed by atoms with Crippen LogP contribution in [0.15, 0.2) is 23.1 Å². The third-order valence-electron chi connectivity index (χ3n) is 3.21. The zero-order valence-corrected chi connectivity index (χ0v) is 13.1. The van der Waals surface area contributed by atoms with Gasteiger partial charge in [-0.25, -0.2) is 8.42 Å². The van der Waals surface area contributed by atoms with Crippen molar-refractivity contribution in [3.05, 3.63) is 23.8 Å². The Hall–Kier alpha value is -1.56. The highest BCUT2D eigenvalue weighted by molar-refractivity contribution is 7.92. The zero-order valence-electron chi connectivity index (χ0n) is 12.3. The van der Waals surface area contributed by atoms with Crippen LogP contribution in [0.3, 0.4) is 0 Å². The highest BCUT2D eigenvalue weighted by Gasteiger charge is 2.23. The van der Waals surface area contributed by atoms with Crippen molar-refractivity contribution in [1.82, 2.24) is 5.32 Å². The highest BCUT2D eigenvalue weighted by atomic mass is 32.2. The minimum Gasteiger partial charge on any atom is -0.398 e. The molecule has 0 spiro atoms. The Labute approximate surface area is 120 Å². The normalized spacial score (nSPS) is 13.2. The molecule has 0 radical (unpaired) electrons. The molecule has 0 heterocycles. The second kappa shape index (κ2) is 6.26. The van der Waals surface area contributed by atoms with E-state index in [1.54, 1.807) is 13.0 Å². The predicted octanol–water partition coefficient (Wildman–Crippen LogP) is 1.51. The van der Waals surface area contributed by atoms with E-state index in [9.17, 15) is 13.2 Å². The quantitative estimate of drug-likeness (QED) is 0.806. The summed E-state index contributed by atoms with van der Waals surface area (Å²) in [6.07, 6.45) is 0. The van der Waals surface area contributed by atoms with Gasteiger partial charge in [0.15, 0.2) is 9.84 Å². The Morgan fingerprint density at radius 1 is 1.30 bits per heavy atom. The molecule has 20 heavy (non-hydrogen) atoms. The van der Waals surface area contributed by atoms with Gasteiger partial charge in [-0.2, -0.15) is 0 Å². The number of nitrogens with two attached hydrogens (primary N) is 1. The van der Waals surface area contributed by atoms with Crippen LogP contribution in [0.25, 0.3) is 0 Å². The van der Waals surface area contributed by atoms with Crippen molar-refractivity contribution in [1.29, 1.82) is 0 Å². The van der Waals surface area contributed by atoms with Crippen molar-refractivity contribution < 1.29 is 13.2 Å². The molecule has 0 aliphatic rings. The van der Waals surface area contributed by atoms with E-state index in [0.717, 1.165) is 5.56 Å². The first-order valence-electron chi connectivity index (χ1n) is 6.51. The first kappa shape index (κ1) is 16.5. The van der Waals surface area contributed by atoms with Gasteiger partial charge in [0, 0.05) is 6.04 Å². The van der Waals surface area contributed by atoms with Gasteiger partial charge in [-0.15, -0.1) is 0 Å². The fourth-order valence-corrected chi connectivity index (χ4v) is 3.00. The number of sulfone groups is 1. The fourth-order valence-electron chi connectivity index (χ4n) is 1.62. The number of nitrogens with one attached hydrogen (secondary N) is 1. The van der Waals surface area contributed by atoms with Crippen LogP contribution in [-0.2, 0) is 14.6 Å². The van der Waals surface area contributed by atoms with Gasteiger partial charge in [0.05, 0.1) is 10.6 Å². The van der Waals surface area contributed by atoms with Crippen molar-refractivity contribution in [3.63, 3.8) is 0 Å². The molecule has 0 saturated heterocycles. The number of benzene rings is 1. The summed E-state index contributed by atoms with van der Waals surface area (Å²) in [6, 6.07) is 4.68. The van der Waals surface area contributed by atoms with Crippen LogP contribution in [0.4, 0.5) is 5.69 Å². The molecular weight excluding hydrogens is 276 g/mol. The number of anilines is 1. The number of carbonyl (C=O) groups excluding carboxylic acids is 1. The van der Waals surface area contributed by atoms with Gasteiger partial charge in [-0.3, -0.25) is 4.79 Å². The molecule has 0 bridgehead atoms. The topological polar surface area (TPSA) is 89.3 Å². The van der Waals surface area contributed by atoms with Gasteiger partial charge < -0.3 is 11.1 Å². The van der Waals surface area contributed by atoms with Gasteiger partial charge in [-0.05, 0) is 37.5 Å². The maximum Gasteiger partial charge on any atom is 0.235 e. The summed E-state index contributed by atoms with van der Waals surface area (Å²) >= 11 is 0. The van der Waals surface area contributed by atoms with Gasteiger partial charge >= 0.3 is 0 Å². The lowest BCUT2D eigenvalue weighted by Crippen LogP contribution is -2.39. The standard InChI is InChI=1S/C14H22N2O3S/c1-9(2)11(4)16-14(17)8-20(18,19)13-7-10(3)5-6-12(13)15/h5-7,9,11H,8,15H2,1-4H3,(H,16,17). The highest BCUT2D eigenvalue weighted by Crippen LogP contribution is 2.20. The molecule has 1 aromatic carbocycles. The van der Waals surface area contributed by atoms with Crippen molar-refractivity contribution in [2.24, 2.45) is 5.92 Å². The van der Waals surface area contributed by atoms with Gasteiger partial charge in [0.1, 0.15) is 5.75 Å². The van der Waals surface area contributed by atoms with Gasteiger partial charge in [0.25, 0.3) is 0 Å². The van der Waals surface area contributed by atoms with Crippen LogP contribution in [0.5, 0.6) is 0 Å². The molecule has 1 amide bonds. The van der Waals surface area contributed by atoms with E-state index in [0.29, 0.717) is 0 Å². The summed E-state index contributed by atoms with van der Waals surface area (Å²) < 4.78 is 24.5. The largest absolute Gasteiger partial charge is 0.398 e. The Bertz CT molecular complexity index is 594. The molecule has 0 aromatic heterocycles. The Kier molecular flexibility index (Phi) is 5.16. The van der Waals surface area contributed by atoms with E-state index in [1.807, 2.05) is 20.8 Å². The van der Waals surface area contributed by atoms with E-state index < -0.39 is 21.5 Å². The van der Waals surface area contributed by atoms with Crippen LogP contribution in [0.1, 0.15) is 26.3 Å². The maximum absolute atomic E-state index is 12.2. The lowest BCUT2D eigenvalue weighted by molar-refractivity contribution is -0.119. The van der Waals surface area contributed by atoms with Gasteiger partial charge in [0.2, 0.25) is 5.91 Å². The molecule has 0 aliphatic carbocycles. The first-order chi connectivity index (χ1) is 9.13. The van der Waals surface area contributed by atoms with Crippen molar-refractivity contribution in [2.45, 2.75) is 38.6 Å². The van der Waals surface area contributed by atoms with E-state index in [1.165, 1.54) is 12.1 Å². The molecule has 1 rings (SSSR count). The summed E-state index contributed by atoms with van der Waals surface area (Å²) in [5.74, 6) is -0.852. The van der Waals surface area contributed by atoms with Crippen LogP contribution >= 0.6 is 0 Å². The van der Waals surface area contributed by atoms with E-state index in [-0.39, 0.29) is 22.5 Å². The average molecular weight is 298 g/mol. The number of nitrogen functional groups attached to an aromatic ring is 1. The van der Waals surface area contributed by atoms with Gasteiger partial charge in [-0.1, -0.05) is 19.9 Å². The first-order valence-corrected chi connectivity index (χ1v) is 8.17. The third-order valence-corrected chi connectivity index (χ3v) is 4.88. The minimum atomic E-state index is -3.72. The van der Waals surface area contributed by atoms with Crippen molar-refractivity contribution in [2.75, 3.05) is 11.5 Å². The van der Waals surface area contributed by atoms with Crippen LogP contribution < -0.4 is 11.1 Å². The summed E-state index contributed by atoms with van der Waals surface area (Å²) in [4.78, 5) is 11.8. The number of hydrogen-bond donors (Lipinski definition) is 2. The van der Waals surface area contributed by atoms with E-state index >= 15 is 0 Å².